The van der Waals surface area contributed by atoms with Crippen LogP contribution in [0.25, 0.3) is 33.3 Å². The highest BCUT2D eigenvalue weighted by Gasteiger charge is 2.08. The molecule has 4 heterocycles. The predicted octanol–water partition coefficient (Wildman–Crippen LogP) is 3.42. The summed E-state index contributed by atoms with van der Waals surface area (Å²) in [6.45, 7) is 0.711. The molecule has 0 aliphatic heterocycles. The van der Waals surface area contributed by atoms with Crippen LogP contribution in [0.4, 0.5) is 0 Å². The molecule has 1 aromatic carbocycles. The summed E-state index contributed by atoms with van der Waals surface area (Å²) in [7, 11) is 0. The molecule has 5 aromatic rings. The fourth-order valence-electron chi connectivity index (χ4n) is 3.03. The van der Waals surface area contributed by atoms with Crippen LogP contribution in [0.3, 0.4) is 0 Å². The van der Waals surface area contributed by atoms with Gasteiger partial charge in [-0.05, 0) is 35.9 Å². The van der Waals surface area contributed by atoms with Crippen molar-refractivity contribution in [2.75, 3.05) is 0 Å². The molecule has 5 rings (SSSR count). The van der Waals surface area contributed by atoms with Crippen LogP contribution >= 0.6 is 0 Å². The lowest BCUT2D eigenvalue weighted by Crippen LogP contribution is -2.00. The first-order valence-corrected chi connectivity index (χ1v) is 8.01. The highest BCUT2D eigenvalue weighted by molar-refractivity contribution is 5.79. The number of rotatable bonds is 3. The Labute approximate surface area is 143 Å². The summed E-state index contributed by atoms with van der Waals surface area (Å²) < 4.78 is 2.07. The maximum atomic E-state index is 4.76. The molecule has 0 amide bonds. The van der Waals surface area contributed by atoms with Gasteiger partial charge >= 0.3 is 0 Å². The summed E-state index contributed by atoms with van der Waals surface area (Å²) in [6.07, 6.45) is 7.26. The first-order chi connectivity index (χ1) is 12.4. The lowest BCUT2D eigenvalue weighted by molar-refractivity contribution is 0.815. The number of nitrogens with zero attached hydrogens (tertiary/aromatic N) is 5. The zero-order chi connectivity index (χ0) is 16.6. The fraction of sp³-hybridized carbons (Fsp3) is 0.0526. The number of fused-ring (bicyclic) bond motifs is 2. The van der Waals surface area contributed by atoms with Crippen molar-refractivity contribution in [1.29, 1.82) is 0 Å². The van der Waals surface area contributed by atoms with Crippen LogP contribution in [0.15, 0.2) is 67.4 Å². The molecule has 4 aromatic heterocycles. The minimum Gasteiger partial charge on any atom is -0.311 e. The first kappa shape index (κ1) is 13.9. The van der Waals surface area contributed by atoms with Gasteiger partial charge in [-0.25, -0.2) is 9.97 Å². The standard InChI is InChI=1S/C19H14N6/c1-2-14-8-13(3-4-16(14)20-7-1)11-25-12-21-18-6-5-17(24-19(18)25)15-9-22-23-10-15/h1-10,12H,11H2,(H,22,23). The Balaban J connectivity index is 1.56. The van der Waals surface area contributed by atoms with Crippen LogP contribution in [0.2, 0.25) is 0 Å². The number of imidazole rings is 1. The summed E-state index contributed by atoms with van der Waals surface area (Å²) in [4.78, 5) is 13.6. The number of hydrogen-bond donors (Lipinski definition) is 1. The smallest absolute Gasteiger partial charge is 0.160 e. The molecule has 0 spiro atoms. The van der Waals surface area contributed by atoms with E-state index < -0.39 is 0 Å². The van der Waals surface area contributed by atoms with Gasteiger partial charge in [0.25, 0.3) is 0 Å². The van der Waals surface area contributed by atoms with Crippen molar-refractivity contribution in [3.63, 3.8) is 0 Å². The summed E-state index contributed by atoms with van der Waals surface area (Å²) in [5.74, 6) is 0. The molecular formula is C19H14N6. The van der Waals surface area contributed by atoms with E-state index in [1.165, 1.54) is 5.56 Å². The van der Waals surface area contributed by atoms with Crippen LogP contribution in [0.5, 0.6) is 0 Å². The van der Waals surface area contributed by atoms with Crippen molar-refractivity contribution in [1.82, 2.24) is 29.7 Å². The second kappa shape index (κ2) is 5.52. The lowest BCUT2D eigenvalue weighted by atomic mass is 10.1. The van der Waals surface area contributed by atoms with Crippen LogP contribution in [0.1, 0.15) is 5.56 Å². The average Bonchev–Trinajstić information content (AvgIpc) is 3.32. The van der Waals surface area contributed by atoms with Crippen molar-refractivity contribution < 1.29 is 0 Å². The number of aromatic amines is 1. The summed E-state index contributed by atoms with van der Waals surface area (Å²) in [5.41, 5.74) is 5.79. The Hall–Kier alpha value is -3.54. The highest BCUT2D eigenvalue weighted by atomic mass is 15.1. The number of H-pyrrole nitrogens is 1. The molecule has 0 atom stereocenters. The van der Waals surface area contributed by atoms with E-state index in [9.17, 15) is 0 Å². The van der Waals surface area contributed by atoms with E-state index in [0.29, 0.717) is 6.54 Å². The van der Waals surface area contributed by atoms with Gasteiger partial charge in [0.15, 0.2) is 5.65 Å². The lowest BCUT2D eigenvalue weighted by Gasteiger charge is -2.06. The van der Waals surface area contributed by atoms with E-state index in [0.717, 1.165) is 33.3 Å². The van der Waals surface area contributed by atoms with Gasteiger partial charge in [-0.2, -0.15) is 5.10 Å². The van der Waals surface area contributed by atoms with Crippen molar-refractivity contribution in [3.05, 3.63) is 72.9 Å². The SMILES string of the molecule is c1cnc2ccc(Cn3cnc4ccc(-c5cn[nH]c5)nc43)cc2c1. The molecule has 0 radical (unpaired) electrons. The van der Waals surface area contributed by atoms with Gasteiger partial charge in [0, 0.05) is 23.3 Å². The monoisotopic (exact) mass is 326 g/mol. The Morgan fingerprint density at radius 3 is 2.88 bits per heavy atom. The maximum absolute atomic E-state index is 4.76. The first-order valence-electron chi connectivity index (χ1n) is 8.01. The molecule has 0 aliphatic carbocycles. The zero-order valence-electron chi connectivity index (χ0n) is 13.3. The minimum absolute atomic E-state index is 0.711. The second-order valence-corrected chi connectivity index (χ2v) is 5.93. The van der Waals surface area contributed by atoms with Gasteiger partial charge < -0.3 is 4.57 Å². The third kappa shape index (κ3) is 2.44. The molecule has 25 heavy (non-hydrogen) atoms. The van der Waals surface area contributed by atoms with Gasteiger partial charge in [-0.1, -0.05) is 12.1 Å². The van der Waals surface area contributed by atoms with Crippen LogP contribution < -0.4 is 0 Å². The van der Waals surface area contributed by atoms with Gasteiger partial charge in [0.1, 0.15) is 5.52 Å². The van der Waals surface area contributed by atoms with Crippen molar-refractivity contribution in [3.8, 4) is 11.3 Å². The minimum atomic E-state index is 0.711. The number of nitrogens with one attached hydrogen (secondary N) is 1. The number of pyridine rings is 2. The van der Waals surface area contributed by atoms with E-state index in [4.69, 9.17) is 4.98 Å². The second-order valence-electron chi connectivity index (χ2n) is 5.93. The predicted molar refractivity (Wildman–Crippen MR) is 96.0 cm³/mol. The molecular weight excluding hydrogens is 312 g/mol. The van der Waals surface area contributed by atoms with E-state index in [1.807, 2.05) is 43.0 Å². The molecule has 0 unspecified atom stereocenters. The molecule has 1 N–H and O–H groups in total. The van der Waals surface area contributed by atoms with E-state index in [-0.39, 0.29) is 0 Å². The van der Waals surface area contributed by atoms with Gasteiger partial charge in [-0.15, -0.1) is 0 Å². The van der Waals surface area contributed by atoms with Crippen LogP contribution in [-0.2, 0) is 6.54 Å². The topological polar surface area (TPSA) is 72.3 Å². The number of benzene rings is 1. The summed E-state index contributed by atoms with van der Waals surface area (Å²) in [5, 5.41) is 7.95. The zero-order valence-corrected chi connectivity index (χ0v) is 13.3. The third-order valence-corrected chi connectivity index (χ3v) is 4.28. The Morgan fingerprint density at radius 2 is 1.96 bits per heavy atom. The molecule has 0 saturated heterocycles. The van der Waals surface area contributed by atoms with E-state index >= 15 is 0 Å². The summed E-state index contributed by atoms with van der Waals surface area (Å²) in [6, 6.07) is 14.3. The van der Waals surface area contributed by atoms with Gasteiger partial charge in [0.2, 0.25) is 0 Å². The van der Waals surface area contributed by atoms with Crippen molar-refractivity contribution >= 4 is 22.1 Å². The molecule has 0 aliphatic rings. The molecule has 6 heteroatoms. The molecule has 0 bridgehead atoms. The summed E-state index contributed by atoms with van der Waals surface area (Å²) >= 11 is 0. The number of aromatic nitrogens is 6. The Bertz CT molecular complexity index is 1170. The highest BCUT2D eigenvalue weighted by Crippen LogP contribution is 2.21. The maximum Gasteiger partial charge on any atom is 0.160 e. The van der Waals surface area contributed by atoms with Crippen LogP contribution in [0, 0.1) is 0 Å². The largest absolute Gasteiger partial charge is 0.311 e. The molecule has 0 fully saturated rings. The fourth-order valence-corrected chi connectivity index (χ4v) is 3.03. The average molecular weight is 326 g/mol. The van der Waals surface area contributed by atoms with E-state index in [2.05, 4.69) is 42.9 Å². The van der Waals surface area contributed by atoms with Crippen molar-refractivity contribution in [2.24, 2.45) is 0 Å². The molecule has 0 saturated carbocycles. The molecule has 120 valence electrons. The normalized spacial score (nSPS) is 11.4. The van der Waals surface area contributed by atoms with Crippen LogP contribution in [-0.4, -0.2) is 29.7 Å². The quantitative estimate of drug-likeness (QED) is 0.551. The van der Waals surface area contributed by atoms with E-state index in [1.54, 1.807) is 6.20 Å². The third-order valence-electron chi connectivity index (χ3n) is 4.28. The Morgan fingerprint density at radius 1 is 1.00 bits per heavy atom. The molecule has 6 nitrogen and oxygen atoms in total. The number of hydrogen-bond acceptors (Lipinski definition) is 4. The Kier molecular flexibility index (Phi) is 3.06. The van der Waals surface area contributed by atoms with Gasteiger partial charge in [0.05, 0.1) is 30.3 Å². The van der Waals surface area contributed by atoms with Gasteiger partial charge in [-0.3, -0.25) is 10.1 Å². The van der Waals surface area contributed by atoms with Crippen molar-refractivity contribution in [2.45, 2.75) is 6.54 Å².